The lowest BCUT2D eigenvalue weighted by atomic mass is 10.1. The molecule has 0 fully saturated rings. The Morgan fingerprint density at radius 3 is 2.45 bits per heavy atom. The zero-order valence-electron chi connectivity index (χ0n) is 17.3. The first-order valence-electron chi connectivity index (χ1n) is 9.70. The lowest BCUT2D eigenvalue weighted by molar-refractivity contribution is -0.119. The van der Waals surface area contributed by atoms with Crippen molar-refractivity contribution in [2.75, 3.05) is 26.0 Å². The third-order valence-corrected chi connectivity index (χ3v) is 5.76. The first kappa shape index (κ1) is 23.4. The molecule has 0 aliphatic carbocycles. The Hall–Kier alpha value is -1.90. The number of carbonyl (C=O) groups excluding carboxylic acids is 1. The van der Waals surface area contributed by atoms with E-state index in [1.807, 2.05) is 16.9 Å². The van der Waals surface area contributed by atoms with Gasteiger partial charge in [0.1, 0.15) is 5.75 Å². The molecule has 1 aromatic heterocycles. The molecule has 29 heavy (non-hydrogen) atoms. The van der Waals surface area contributed by atoms with Gasteiger partial charge in [-0.25, -0.2) is 8.42 Å². The van der Waals surface area contributed by atoms with E-state index in [0.29, 0.717) is 13.2 Å². The first-order valence-corrected chi connectivity index (χ1v) is 12.5. The third kappa shape index (κ3) is 9.43. The normalized spacial score (nSPS) is 11.8. The molecule has 0 radical (unpaired) electrons. The summed E-state index contributed by atoms with van der Waals surface area (Å²) in [5.74, 6) is 0.375. The van der Waals surface area contributed by atoms with E-state index in [9.17, 15) is 13.2 Å². The van der Waals surface area contributed by atoms with Crippen LogP contribution in [-0.2, 0) is 21.2 Å². The molecular weight excluding hydrogens is 408 g/mol. The summed E-state index contributed by atoms with van der Waals surface area (Å²) in [6.45, 7) is 5.99. The van der Waals surface area contributed by atoms with Gasteiger partial charge < -0.3 is 9.64 Å². The van der Waals surface area contributed by atoms with E-state index in [1.54, 1.807) is 11.3 Å². The van der Waals surface area contributed by atoms with Crippen LogP contribution in [0, 0.1) is 0 Å². The highest BCUT2D eigenvalue weighted by molar-refractivity contribution is 7.89. The Kier molecular flexibility index (Phi) is 9.13. The fourth-order valence-corrected chi connectivity index (χ4v) is 4.11. The zero-order valence-corrected chi connectivity index (χ0v) is 18.9. The molecule has 0 unspecified atom stereocenters. The molecular formula is C21H30N2O4S2. The molecule has 160 valence electrons. The van der Waals surface area contributed by atoms with Gasteiger partial charge in [0.05, 0.1) is 12.9 Å². The summed E-state index contributed by atoms with van der Waals surface area (Å²) >= 11 is 1.71. The average molecular weight is 439 g/mol. The first-order chi connectivity index (χ1) is 13.7. The van der Waals surface area contributed by atoms with Crippen molar-refractivity contribution in [3.63, 3.8) is 0 Å². The molecule has 8 heteroatoms. The minimum absolute atomic E-state index is 0.150. The number of thiophene rings is 1. The van der Waals surface area contributed by atoms with E-state index >= 15 is 0 Å². The van der Waals surface area contributed by atoms with Gasteiger partial charge in [-0.05, 0) is 66.8 Å². The average Bonchev–Trinajstić information content (AvgIpc) is 3.13. The van der Waals surface area contributed by atoms with E-state index < -0.39 is 15.9 Å². The Balaban J connectivity index is 1.70. The quantitative estimate of drug-likeness (QED) is 0.515. The maximum atomic E-state index is 11.7. The van der Waals surface area contributed by atoms with Crippen LogP contribution in [0.4, 0.5) is 0 Å². The molecule has 1 aromatic carbocycles. The van der Waals surface area contributed by atoms with Gasteiger partial charge >= 0.3 is 0 Å². The van der Waals surface area contributed by atoms with Crippen molar-refractivity contribution in [1.82, 2.24) is 9.62 Å². The molecule has 0 aliphatic heterocycles. The summed E-state index contributed by atoms with van der Waals surface area (Å²) < 4.78 is 30.0. The van der Waals surface area contributed by atoms with Gasteiger partial charge in [0, 0.05) is 25.6 Å². The molecule has 0 aliphatic rings. The molecule has 6 nitrogen and oxygen atoms in total. The topological polar surface area (TPSA) is 75.7 Å². The van der Waals surface area contributed by atoms with Crippen molar-refractivity contribution < 1.29 is 17.9 Å². The Morgan fingerprint density at radius 2 is 1.86 bits per heavy atom. The maximum Gasteiger partial charge on any atom is 0.234 e. The molecule has 0 spiro atoms. The van der Waals surface area contributed by atoms with Crippen LogP contribution in [-0.4, -0.2) is 51.2 Å². The lowest BCUT2D eigenvalue weighted by Gasteiger charge is -2.26. The van der Waals surface area contributed by atoms with Crippen LogP contribution in [0.5, 0.6) is 5.75 Å². The summed E-state index contributed by atoms with van der Waals surface area (Å²) in [4.78, 5) is 13.8. The number of sulfonamides is 1. The van der Waals surface area contributed by atoms with Crippen LogP contribution in [0.25, 0.3) is 0 Å². The van der Waals surface area contributed by atoms with E-state index in [4.69, 9.17) is 4.74 Å². The predicted octanol–water partition coefficient (Wildman–Crippen LogP) is 3.28. The number of benzene rings is 1. The van der Waals surface area contributed by atoms with Gasteiger partial charge in [0.15, 0.2) is 0 Å². The molecule has 0 saturated carbocycles. The van der Waals surface area contributed by atoms with Gasteiger partial charge in [0.25, 0.3) is 0 Å². The van der Waals surface area contributed by atoms with Gasteiger partial charge in [-0.3, -0.25) is 9.52 Å². The Morgan fingerprint density at radius 1 is 1.14 bits per heavy atom. The highest BCUT2D eigenvalue weighted by atomic mass is 32.2. The number of nitrogens with zero attached hydrogens (tertiary/aromatic N) is 1. The van der Waals surface area contributed by atoms with Crippen molar-refractivity contribution in [2.24, 2.45) is 0 Å². The smallest absolute Gasteiger partial charge is 0.234 e. The Bertz CT molecular complexity index is 847. The number of amides is 1. The summed E-state index contributed by atoms with van der Waals surface area (Å²) in [7, 11) is -3.50. The molecule has 2 aromatic rings. The van der Waals surface area contributed by atoms with Crippen LogP contribution in [0.3, 0.4) is 0 Å². The molecule has 1 amide bonds. The van der Waals surface area contributed by atoms with Crippen LogP contribution < -0.4 is 9.46 Å². The SMILES string of the molecule is CC(C)N(CCCOc1ccc(Cc2ccsc2)cc1)CCC(=O)NS(C)(=O)=O. The zero-order chi connectivity index (χ0) is 21.3. The second-order valence-corrected chi connectivity index (χ2v) is 9.86. The Labute approximate surface area is 177 Å². The van der Waals surface area contributed by atoms with E-state index in [-0.39, 0.29) is 12.5 Å². The van der Waals surface area contributed by atoms with Crippen molar-refractivity contribution in [2.45, 2.75) is 39.2 Å². The van der Waals surface area contributed by atoms with Gasteiger partial charge in [-0.2, -0.15) is 11.3 Å². The molecule has 0 atom stereocenters. The summed E-state index contributed by atoms with van der Waals surface area (Å²) in [5.41, 5.74) is 2.58. The fourth-order valence-electron chi connectivity index (χ4n) is 2.92. The van der Waals surface area contributed by atoms with E-state index in [0.717, 1.165) is 31.4 Å². The number of rotatable bonds is 12. The standard InChI is InChI=1S/C21H30N2O4S2/c1-17(2)23(12-9-21(24)22-29(3,25)26)11-4-13-27-20-7-5-18(6-8-20)15-19-10-14-28-16-19/h5-8,10,14,16-17H,4,9,11-13,15H2,1-3H3,(H,22,24). The van der Waals surface area contributed by atoms with E-state index in [1.165, 1.54) is 11.1 Å². The van der Waals surface area contributed by atoms with Crippen LogP contribution >= 0.6 is 11.3 Å². The van der Waals surface area contributed by atoms with Gasteiger partial charge in [-0.15, -0.1) is 0 Å². The van der Waals surface area contributed by atoms with Crippen molar-refractivity contribution >= 4 is 27.3 Å². The number of ether oxygens (including phenoxy) is 1. The number of nitrogens with one attached hydrogen (secondary N) is 1. The molecule has 2 rings (SSSR count). The number of carbonyl (C=O) groups is 1. The predicted molar refractivity (Wildman–Crippen MR) is 118 cm³/mol. The minimum atomic E-state index is -3.50. The monoisotopic (exact) mass is 438 g/mol. The van der Waals surface area contributed by atoms with Crippen molar-refractivity contribution in [1.29, 1.82) is 0 Å². The van der Waals surface area contributed by atoms with Crippen LogP contribution in [0.2, 0.25) is 0 Å². The number of hydrogen-bond donors (Lipinski definition) is 1. The minimum Gasteiger partial charge on any atom is -0.494 e. The molecule has 1 N–H and O–H groups in total. The largest absolute Gasteiger partial charge is 0.494 e. The molecule has 0 saturated heterocycles. The third-order valence-electron chi connectivity index (χ3n) is 4.43. The fraction of sp³-hybridized carbons (Fsp3) is 0.476. The second kappa shape index (κ2) is 11.3. The highest BCUT2D eigenvalue weighted by Gasteiger charge is 2.13. The highest BCUT2D eigenvalue weighted by Crippen LogP contribution is 2.17. The van der Waals surface area contributed by atoms with Crippen molar-refractivity contribution in [3.8, 4) is 5.75 Å². The summed E-state index contributed by atoms with van der Waals surface area (Å²) in [5, 5.41) is 4.25. The van der Waals surface area contributed by atoms with Crippen LogP contribution in [0.15, 0.2) is 41.1 Å². The summed E-state index contributed by atoms with van der Waals surface area (Å²) in [6, 6.07) is 10.6. The van der Waals surface area contributed by atoms with E-state index in [2.05, 4.69) is 47.7 Å². The number of hydrogen-bond acceptors (Lipinski definition) is 6. The lowest BCUT2D eigenvalue weighted by Crippen LogP contribution is -2.37. The second-order valence-electron chi connectivity index (χ2n) is 7.33. The summed E-state index contributed by atoms with van der Waals surface area (Å²) in [6.07, 6.45) is 2.89. The maximum absolute atomic E-state index is 11.7. The van der Waals surface area contributed by atoms with Crippen LogP contribution in [0.1, 0.15) is 37.8 Å². The molecule has 0 bridgehead atoms. The molecule has 1 heterocycles. The van der Waals surface area contributed by atoms with Gasteiger partial charge in [-0.1, -0.05) is 12.1 Å². The van der Waals surface area contributed by atoms with Gasteiger partial charge in [0.2, 0.25) is 15.9 Å². The van der Waals surface area contributed by atoms with Crippen molar-refractivity contribution in [3.05, 3.63) is 52.2 Å².